The molecule has 0 saturated heterocycles. The van der Waals surface area contributed by atoms with Gasteiger partial charge in [-0.2, -0.15) is 0 Å². The van der Waals surface area contributed by atoms with Crippen LogP contribution in [0.4, 0.5) is 0 Å². The van der Waals surface area contributed by atoms with Crippen LogP contribution in [0, 0.1) is 0 Å². The fourth-order valence-electron chi connectivity index (χ4n) is 3.98. The maximum Gasteiger partial charge on any atom is 0.173 e. The summed E-state index contributed by atoms with van der Waals surface area (Å²) in [6.45, 7) is 14.1. The molecule has 0 fully saturated rings. The van der Waals surface area contributed by atoms with Gasteiger partial charge in [0.1, 0.15) is 0 Å². The number of unbranched alkanes of at least 4 members (excludes halogenated alkanes) is 15. The highest BCUT2D eigenvalue weighted by Crippen LogP contribution is 2.22. The molecule has 0 bridgehead atoms. The lowest BCUT2D eigenvalue weighted by Crippen LogP contribution is -2.42. The second-order valence-corrected chi connectivity index (χ2v) is 19.1. The highest BCUT2D eigenvalue weighted by molar-refractivity contribution is 6.84. The predicted molar refractivity (Wildman–Crippen MR) is 126 cm³/mol. The van der Waals surface area contributed by atoms with E-state index < -0.39 is 16.6 Å². The fourth-order valence-corrected chi connectivity index (χ4v) is 12.1. The first-order valence-electron chi connectivity index (χ1n) is 12.0. The van der Waals surface area contributed by atoms with Gasteiger partial charge in [0.2, 0.25) is 0 Å². The lowest BCUT2D eigenvalue weighted by Gasteiger charge is -2.31. The Morgan fingerprint density at radius 3 is 1.08 bits per heavy atom. The Morgan fingerprint density at radius 2 is 0.769 bits per heavy atom. The van der Waals surface area contributed by atoms with E-state index in [1.165, 1.54) is 109 Å². The summed E-state index contributed by atoms with van der Waals surface area (Å²) in [4.78, 5) is 0. The molecule has 26 heavy (non-hydrogen) atoms. The highest BCUT2D eigenvalue weighted by atomic mass is 28.4. The van der Waals surface area contributed by atoms with Crippen LogP contribution in [0.1, 0.15) is 110 Å². The van der Waals surface area contributed by atoms with E-state index in [9.17, 15) is 0 Å². The molecule has 0 aromatic heterocycles. The second kappa shape index (κ2) is 16.4. The number of hydrogen-bond donors (Lipinski definition) is 0. The smallest absolute Gasteiger partial charge is 0.173 e. The Bertz CT molecular complexity index is 297. The molecule has 0 amide bonds. The van der Waals surface area contributed by atoms with Gasteiger partial charge in [-0.15, -0.1) is 0 Å². The maximum atomic E-state index is 6.43. The first-order chi connectivity index (χ1) is 12.3. The molecule has 158 valence electrons. The summed E-state index contributed by atoms with van der Waals surface area (Å²) in [5, 5.41) is 0. The molecule has 0 unspecified atom stereocenters. The van der Waals surface area contributed by atoms with Gasteiger partial charge in [-0.25, -0.2) is 0 Å². The van der Waals surface area contributed by atoms with E-state index in [0.717, 1.165) is 0 Å². The van der Waals surface area contributed by atoms with Gasteiger partial charge in [0.25, 0.3) is 0 Å². The van der Waals surface area contributed by atoms with Gasteiger partial charge in [-0.05, 0) is 38.8 Å². The highest BCUT2D eigenvalue weighted by Gasteiger charge is 2.28. The summed E-state index contributed by atoms with van der Waals surface area (Å²) in [5.41, 5.74) is 0. The quantitative estimate of drug-likeness (QED) is 0.155. The van der Waals surface area contributed by atoms with Crippen molar-refractivity contribution in [1.29, 1.82) is 0 Å². The summed E-state index contributed by atoms with van der Waals surface area (Å²) >= 11 is 0. The molecule has 0 aliphatic carbocycles. The predicted octanol–water partition coefficient (Wildman–Crippen LogP) is 9.30. The van der Waals surface area contributed by atoms with Crippen molar-refractivity contribution in [3.63, 3.8) is 0 Å². The molecule has 0 aromatic rings. The minimum absolute atomic E-state index is 1.34. The summed E-state index contributed by atoms with van der Waals surface area (Å²) in [5.74, 6) is 0. The minimum atomic E-state index is -1.38. The summed E-state index contributed by atoms with van der Waals surface area (Å²) in [6.07, 6.45) is 23.2. The van der Waals surface area contributed by atoms with E-state index in [4.69, 9.17) is 4.12 Å². The van der Waals surface area contributed by atoms with Gasteiger partial charge in [-0.3, -0.25) is 0 Å². The zero-order chi connectivity index (χ0) is 19.7. The summed E-state index contributed by atoms with van der Waals surface area (Å²) in [7, 11) is -2.73. The topological polar surface area (TPSA) is 9.23 Å². The number of hydrogen-bond acceptors (Lipinski definition) is 1. The van der Waals surface area contributed by atoms with Crippen LogP contribution in [-0.2, 0) is 4.12 Å². The van der Waals surface area contributed by atoms with Gasteiger partial charge in [0, 0.05) is 0 Å². The molecule has 0 aliphatic rings. The van der Waals surface area contributed by atoms with Crippen molar-refractivity contribution in [3.8, 4) is 0 Å². The molecule has 3 heteroatoms. The van der Waals surface area contributed by atoms with Crippen LogP contribution in [0.3, 0.4) is 0 Å². The first-order valence-corrected chi connectivity index (χ1v) is 18.5. The van der Waals surface area contributed by atoms with Gasteiger partial charge in [-0.1, -0.05) is 110 Å². The molecule has 0 rings (SSSR count). The van der Waals surface area contributed by atoms with Crippen molar-refractivity contribution in [1.82, 2.24) is 0 Å². The minimum Gasteiger partial charge on any atom is -0.456 e. The number of rotatable bonds is 19. The van der Waals surface area contributed by atoms with E-state index in [-0.39, 0.29) is 0 Å². The molecule has 0 aromatic carbocycles. The van der Waals surface area contributed by atoms with Crippen LogP contribution in [0.5, 0.6) is 0 Å². The zero-order valence-corrected chi connectivity index (χ0v) is 21.4. The Morgan fingerprint density at radius 1 is 0.462 bits per heavy atom. The van der Waals surface area contributed by atoms with E-state index in [2.05, 4.69) is 39.7 Å². The van der Waals surface area contributed by atoms with E-state index in [0.29, 0.717) is 0 Å². The van der Waals surface area contributed by atoms with Gasteiger partial charge < -0.3 is 4.12 Å². The van der Waals surface area contributed by atoms with Crippen molar-refractivity contribution in [2.45, 2.75) is 148 Å². The Balaban J connectivity index is 3.25. The molecule has 0 saturated carbocycles. The van der Waals surface area contributed by atoms with E-state index in [1.807, 2.05) is 0 Å². The van der Waals surface area contributed by atoms with Gasteiger partial charge in [0.05, 0.1) is 0 Å². The summed E-state index contributed by atoms with van der Waals surface area (Å²) in [6, 6.07) is 1.36. The normalized spacial score (nSPS) is 12.7. The second-order valence-electron chi connectivity index (χ2n) is 10.0. The zero-order valence-electron chi connectivity index (χ0n) is 19.4. The van der Waals surface area contributed by atoms with Crippen LogP contribution < -0.4 is 0 Å². The fraction of sp³-hybridized carbons (Fsp3) is 1.00. The largest absolute Gasteiger partial charge is 0.456 e. The van der Waals surface area contributed by atoms with Crippen LogP contribution in [-0.4, -0.2) is 16.6 Å². The Kier molecular flexibility index (Phi) is 16.6. The molecule has 0 heterocycles. The monoisotopic (exact) mass is 400 g/mol. The Labute approximate surface area is 169 Å². The van der Waals surface area contributed by atoms with Crippen LogP contribution in [0.15, 0.2) is 0 Å². The van der Waals surface area contributed by atoms with Gasteiger partial charge in [0.15, 0.2) is 16.6 Å². The van der Waals surface area contributed by atoms with Crippen molar-refractivity contribution in [3.05, 3.63) is 0 Å². The molecule has 0 atom stereocenters. The lowest BCUT2D eigenvalue weighted by molar-refractivity contribution is 0.523. The van der Waals surface area contributed by atoms with Crippen LogP contribution in [0.2, 0.25) is 38.8 Å². The molecular weight excluding hydrogens is 348 g/mol. The first kappa shape index (κ1) is 26.4. The van der Waals surface area contributed by atoms with Crippen molar-refractivity contribution < 1.29 is 4.12 Å². The molecular formula is C23H52OSi2. The SMILES string of the molecule is CCCCCCCCCCCCCCCCCC[Si](C)(C)O[Si](C)(C)C. The Hall–Kier alpha value is 0.394. The van der Waals surface area contributed by atoms with Crippen molar-refractivity contribution >= 4 is 16.6 Å². The van der Waals surface area contributed by atoms with Crippen molar-refractivity contribution in [2.75, 3.05) is 0 Å². The third-order valence-corrected chi connectivity index (χ3v) is 11.4. The molecule has 0 aliphatic heterocycles. The van der Waals surface area contributed by atoms with Crippen molar-refractivity contribution in [2.24, 2.45) is 0 Å². The summed E-state index contributed by atoms with van der Waals surface area (Å²) < 4.78 is 6.43. The average Bonchev–Trinajstić information content (AvgIpc) is 2.52. The maximum absolute atomic E-state index is 6.43. The molecule has 1 nitrogen and oxygen atoms in total. The van der Waals surface area contributed by atoms with Crippen LogP contribution in [0.25, 0.3) is 0 Å². The standard InChI is InChI=1S/C23H52OSi2/c1-7-8-9-10-11-12-13-14-15-16-17-18-19-20-21-22-23-26(5,6)24-25(2,3)4/h7-23H2,1-6H3. The average molecular weight is 401 g/mol. The third-order valence-electron chi connectivity index (χ3n) is 5.21. The molecule has 0 N–H and O–H groups in total. The molecule has 0 spiro atoms. The lowest BCUT2D eigenvalue weighted by atomic mass is 10.0. The van der Waals surface area contributed by atoms with E-state index >= 15 is 0 Å². The third kappa shape index (κ3) is 20.7. The van der Waals surface area contributed by atoms with Gasteiger partial charge >= 0.3 is 0 Å². The van der Waals surface area contributed by atoms with Crippen LogP contribution >= 0.6 is 0 Å². The van der Waals surface area contributed by atoms with E-state index in [1.54, 1.807) is 0 Å². The molecule has 0 radical (unpaired) electrons.